The van der Waals surface area contributed by atoms with Gasteiger partial charge in [-0.1, -0.05) is 31.5 Å². The van der Waals surface area contributed by atoms with Crippen LogP contribution in [0.15, 0.2) is 30.3 Å². The van der Waals surface area contributed by atoms with Crippen LogP contribution in [-0.2, 0) is 9.59 Å². The van der Waals surface area contributed by atoms with Crippen LogP contribution in [0.3, 0.4) is 0 Å². The van der Waals surface area contributed by atoms with E-state index in [-0.39, 0.29) is 37.3 Å². The van der Waals surface area contributed by atoms with Crippen LogP contribution in [0.2, 0.25) is 0 Å². The minimum atomic E-state index is -0.322. The fraction of sp³-hybridized carbons (Fsp3) is 0.429. The van der Waals surface area contributed by atoms with Gasteiger partial charge in [0, 0.05) is 12.2 Å². The number of hydrogen-bond acceptors (Lipinski definition) is 3. The second-order valence-electron chi connectivity index (χ2n) is 4.22. The van der Waals surface area contributed by atoms with Crippen molar-refractivity contribution in [2.75, 3.05) is 24.5 Å². The minimum absolute atomic E-state index is 0. The number of rotatable bonds is 7. The molecule has 1 rings (SSSR count). The number of carbonyl (C=O) groups excluding carboxylic acids is 2. The quantitative estimate of drug-likeness (QED) is 0.797. The second-order valence-corrected chi connectivity index (χ2v) is 4.22. The summed E-state index contributed by atoms with van der Waals surface area (Å²) in [7, 11) is 0. The Hall–Kier alpha value is -1.59. The largest absolute Gasteiger partial charge is 0.346 e. The lowest BCUT2D eigenvalue weighted by molar-refractivity contribution is -0.124. The van der Waals surface area contributed by atoms with Gasteiger partial charge >= 0.3 is 0 Å². The predicted molar refractivity (Wildman–Crippen MR) is 83.0 cm³/mol. The zero-order valence-corrected chi connectivity index (χ0v) is 12.5. The molecule has 0 saturated carbocycles. The van der Waals surface area contributed by atoms with Crippen molar-refractivity contribution in [2.45, 2.75) is 19.8 Å². The van der Waals surface area contributed by atoms with Crippen molar-refractivity contribution in [1.82, 2.24) is 5.32 Å². The number of nitrogens with two attached hydrogens (primary N) is 1. The van der Waals surface area contributed by atoms with Gasteiger partial charge in [0.05, 0.1) is 13.1 Å². The molecule has 0 saturated heterocycles. The molecule has 0 spiro atoms. The van der Waals surface area contributed by atoms with Crippen molar-refractivity contribution in [2.24, 2.45) is 5.73 Å². The molecule has 2 amide bonds. The molecule has 0 aliphatic carbocycles. The van der Waals surface area contributed by atoms with E-state index in [2.05, 4.69) is 12.2 Å². The summed E-state index contributed by atoms with van der Waals surface area (Å²) in [6.07, 6.45) is 1.93. The number of carbonyl (C=O) groups is 2. The van der Waals surface area contributed by atoms with Crippen LogP contribution in [0, 0.1) is 0 Å². The number of nitrogens with one attached hydrogen (secondary N) is 1. The van der Waals surface area contributed by atoms with Crippen molar-refractivity contribution in [1.29, 1.82) is 0 Å². The van der Waals surface area contributed by atoms with E-state index in [1.165, 1.54) is 0 Å². The van der Waals surface area contributed by atoms with Gasteiger partial charge < -0.3 is 16.0 Å². The van der Waals surface area contributed by atoms with Crippen molar-refractivity contribution >= 4 is 29.9 Å². The Morgan fingerprint density at radius 2 is 1.90 bits per heavy atom. The highest BCUT2D eigenvalue weighted by molar-refractivity contribution is 5.96. The lowest BCUT2D eigenvalue weighted by Gasteiger charge is -2.22. The van der Waals surface area contributed by atoms with Crippen molar-refractivity contribution < 1.29 is 9.59 Å². The maximum Gasteiger partial charge on any atom is 0.246 e. The molecule has 6 heteroatoms. The monoisotopic (exact) mass is 299 g/mol. The molecular weight excluding hydrogens is 278 g/mol. The summed E-state index contributed by atoms with van der Waals surface area (Å²) in [4.78, 5) is 24.9. The fourth-order valence-corrected chi connectivity index (χ4v) is 1.66. The van der Waals surface area contributed by atoms with Gasteiger partial charge in [-0.05, 0) is 18.6 Å². The highest BCUT2D eigenvalue weighted by Gasteiger charge is 2.15. The molecule has 0 heterocycles. The zero-order chi connectivity index (χ0) is 14.1. The van der Waals surface area contributed by atoms with E-state index in [1.54, 1.807) is 4.90 Å². The third-order valence-corrected chi connectivity index (χ3v) is 2.73. The Labute approximate surface area is 125 Å². The number of anilines is 1. The summed E-state index contributed by atoms with van der Waals surface area (Å²) in [6, 6.07) is 9.46. The van der Waals surface area contributed by atoms with Gasteiger partial charge in [-0.15, -0.1) is 12.4 Å². The van der Waals surface area contributed by atoms with Gasteiger partial charge in [0.1, 0.15) is 0 Å². The lowest BCUT2D eigenvalue weighted by atomic mass is 10.2. The van der Waals surface area contributed by atoms with E-state index < -0.39 is 0 Å². The zero-order valence-electron chi connectivity index (χ0n) is 11.7. The molecule has 0 bridgehead atoms. The number of nitrogens with zero attached hydrogens (tertiary/aromatic N) is 1. The second kappa shape index (κ2) is 10.2. The highest BCUT2D eigenvalue weighted by atomic mass is 35.5. The normalized spacial score (nSPS) is 9.50. The maximum absolute atomic E-state index is 12.1. The summed E-state index contributed by atoms with van der Waals surface area (Å²) < 4.78 is 0. The molecule has 0 fully saturated rings. The van der Waals surface area contributed by atoms with Crippen LogP contribution in [0.5, 0.6) is 0 Å². The first-order valence-corrected chi connectivity index (χ1v) is 6.51. The number of amides is 2. The molecule has 0 atom stereocenters. The maximum atomic E-state index is 12.1. The molecule has 0 aromatic heterocycles. The van der Waals surface area contributed by atoms with Crippen LogP contribution in [-0.4, -0.2) is 31.4 Å². The van der Waals surface area contributed by atoms with Gasteiger partial charge in [0.15, 0.2) is 0 Å². The summed E-state index contributed by atoms with van der Waals surface area (Å²) in [5.74, 6) is -0.446. The molecule has 112 valence electrons. The smallest absolute Gasteiger partial charge is 0.246 e. The van der Waals surface area contributed by atoms with E-state index in [9.17, 15) is 9.59 Å². The van der Waals surface area contributed by atoms with E-state index in [0.29, 0.717) is 6.54 Å². The van der Waals surface area contributed by atoms with Gasteiger partial charge in [-0.3, -0.25) is 9.59 Å². The van der Waals surface area contributed by atoms with Gasteiger partial charge in [0.25, 0.3) is 0 Å². The Bertz CT molecular complexity index is 412. The number of halogens is 1. The molecule has 0 unspecified atom stereocenters. The third-order valence-electron chi connectivity index (χ3n) is 2.73. The molecular formula is C14H22ClN3O2. The van der Waals surface area contributed by atoms with Gasteiger partial charge in [0.2, 0.25) is 11.8 Å². The molecule has 3 N–H and O–H groups in total. The Morgan fingerprint density at radius 1 is 1.25 bits per heavy atom. The molecule has 5 nitrogen and oxygen atoms in total. The minimum Gasteiger partial charge on any atom is -0.346 e. The summed E-state index contributed by atoms with van der Waals surface area (Å²) in [6.45, 7) is 2.60. The van der Waals surface area contributed by atoms with Crippen LogP contribution >= 0.6 is 12.4 Å². The first kappa shape index (κ1) is 18.4. The van der Waals surface area contributed by atoms with Gasteiger partial charge in [-0.25, -0.2) is 0 Å². The summed E-state index contributed by atoms with van der Waals surface area (Å²) >= 11 is 0. The van der Waals surface area contributed by atoms with Gasteiger partial charge in [-0.2, -0.15) is 0 Å². The Morgan fingerprint density at radius 3 is 2.45 bits per heavy atom. The standard InChI is InChI=1S/C14H21N3O2.ClH/c1-2-3-9-17(12-7-5-4-6-8-12)14(19)11-16-13(18)10-15;/h4-8H,2-3,9-11,15H2,1H3,(H,16,18);1H. The van der Waals surface area contributed by atoms with Crippen molar-refractivity contribution in [3.63, 3.8) is 0 Å². The highest BCUT2D eigenvalue weighted by Crippen LogP contribution is 2.14. The number of benzene rings is 1. The average molecular weight is 300 g/mol. The first-order chi connectivity index (χ1) is 9.19. The molecule has 0 radical (unpaired) electrons. The van der Waals surface area contributed by atoms with E-state index in [4.69, 9.17) is 5.73 Å². The average Bonchev–Trinajstić information content (AvgIpc) is 2.46. The molecule has 20 heavy (non-hydrogen) atoms. The number of unbranched alkanes of at least 4 members (excludes halogenated alkanes) is 1. The predicted octanol–water partition coefficient (Wildman–Crippen LogP) is 1.32. The summed E-state index contributed by atoms with van der Waals surface area (Å²) in [5.41, 5.74) is 6.04. The third kappa shape index (κ3) is 6.04. The molecule has 0 aliphatic heterocycles. The van der Waals surface area contributed by atoms with Crippen LogP contribution < -0.4 is 16.0 Å². The Kier molecular flexibility index (Phi) is 9.41. The Balaban J connectivity index is 0.00000361. The van der Waals surface area contributed by atoms with Crippen LogP contribution in [0.25, 0.3) is 0 Å². The summed E-state index contributed by atoms with van der Waals surface area (Å²) in [5, 5.41) is 2.50. The van der Waals surface area contributed by atoms with Crippen molar-refractivity contribution in [3.05, 3.63) is 30.3 Å². The van der Waals surface area contributed by atoms with Crippen LogP contribution in [0.1, 0.15) is 19.8 Å². The number of para-hydroxylation sites is 1. The van der Waals surface area contributed by atoms with E-state index >= 15 is 0 Å². The molecule has 0 aliphatic rings. The fourth-order valence-electron chi connectivity index (χ4n) is 1.66. The molecule has 1 aromatic rings. The lowest BCUT2D eigenvalue weighted by Crippen LogP contribution is -2.42. The topological polar surface area (TPSA) is 75.4 Å². The van der Waals surface area contributed by atoms with Crippen LogP contribution in [0.4, 0.5) is 5.69 Å². The SMILES string of the molecule is CCCCN(C(=O)CNC(=O)CN)c1ccccc1.Cl. The number of hydrogen-bond donors (Lipinski definition) is 2. The van der Waals surface area contributed by atoms with Crippen molar-refractivity contribution in [3.8, 4) is 0 Å². The first-order valence-electron chi connectivity index (χ1n) is 6.51. The van der Waals surface area contributed by atoms with E-state index in [1.807, 2.05) is 30.3 Å². The molecule has 1 aromatic carbocycles. The van der Waals surface area contributed by atoms with E-state index in [0.717, 1.165) is 18.5 Å².